The van der Waals surface area contributed by atoms with E-state index in [2.05, 4.69) is 9.72 Å². The standard InChI is InChI=1S/C17H22N2O5/c1-17(2,3)24-16(21)19-9-8-11(10-19)12-6-7-13(15(20)23-5)18-14(12)22-4/h6-8H,9-10H2,1-5H3. The van der Waals surface area contributed by atoms with Crippen LogP contribution in [0.4, 0.5) is 4.79 Å². The Morgan fingerprint density at radius 2 is 1.92 bits per heavy atom. The fourth-order valence-corrected chi connectivity index (χ4v) is 2.27. The molecular weight excluding hydrogens is 312 g/mol. The number of nitrogens with zero attached hydrogens (tertiary/aromatic N) is 2. The zero-order chi connectivity index (χ0) is 17.9. The van der Waals surface area contributed by atoms with Gasteiger partial charge in [-0.05, 0) is 38.5 Å². The molecule has 0 saturated heterocycles. The monoisotopic (exact) mass is 334 g/mol. The first-order valence-corrected chi connectivity index (χ1v) is 7.56. The second-order valence-electron chi connectivity index (χ2n) is 6.34. The van der Waals surface area contributed by atoms with Gasteiger partial charge in [0.15, 0.2) is 5.69 Å². The first-order chi connectivity index (χ1) is 11.2. The van der Waals surface area contributed by atoms with E-state index in [1.54, 1.807) is 17.0 Å². The quantitative estimate of drug-likeness (QED) is 0.791. The zero-order valence-electron chi connectivity index (χ0n) is 14.6. The number of hydrogen-bond acceptors (Lipinski definition) is 6. The number of methoxy groups -OCH3 is 2. The maximum atomic E-state index is 12.1. The van der Waals surface area contributed by atoms with E-state index in [0.29, 0.717) is 19.0 Å². The lowest BCUT2D eigenvalue weighted by atomic mass is 10.1. The summed E-state index contributed by atoms with van der Waals surface area (Å²) in [5, 5.41) is 0. The van der Waals surface area contributed by atoms with Crippen molar-refractivity contribution in [1.29, 1.82) is 0 Å². The number of rotatable bonds is 3. The number of aromatic nitrogens is 1. The predicted molar refractivity (Wildman–Crippen MR) is 87.9 cm³/mol. The smallest absolute Gasteiger partial charge is 0.410 e. The Hall–Kier alpha value is -2.57. The first-order valence-electron chi connectivity index (χ1n) is 7.56. The lowest BCUT2D eigenvalue weighted by Gasteiger charge is -2.24. The molecular formula is C17H22N2O5. The minimum Gasteiger partial charge on any atom is -0.481 e. The number of carbonyl (C=O) groups is 2. The number of amides is 1. The topological polar surface area (TPSA) is 78.0 Å². The average Bonchev–Trinajstić information content (AvgIpc) is 3.01. The van der Waals surface area contributed by atoms with Crippen LogP contribution in [0.5, 0.6) is 5.88 Å². The summed E-state index contributed by atoms with van der Waals surface area (Å²) in [6.07, 6.45) is 1.55. The molecule has 2 rings (SSSR count). The maximum absolute atomic E-state index is 12.1. The molecule has 0 fully saturated rings. The highest BCUT2D eigenvalue weighted by molar-refractivity contribution is 5.88. The van der Waals surface area contributed by atoms with Crippen molar-refractivity contribution in [2.24, 2.45) is 0 Å². The summed E-state index contributed by atoms with van der Waals surface area (Å²) in [6.45, 7) is 6.33. The molecule has 7 heteroatoms. The molecule has 0 atom stereocenters. The van der Waals surface area contributed by atoms with Crippen LogP contribution < -0.4 is 4.74 Å². The van der Waals surface area contributed by atoms with Crippen LogP contribution in [0.2, 0.25) is 0 Å². The molecule has 1 aromatic heterocycles. The van der Waals surface area contributed by atoms with Crippen molar-refractivity contribution in [1.82, 2.24) is 9.88 Å². The van der Waals surface area contributed by atoms with Crippen LogP contribution in [0.25, 0.3) is 5.57 Å². The number of pyridine rings is 1. The Morgan fingerprint density at radius 3 is 2.50 bits per heavy atom. The van der Waals surface area contributed by atoms with Crippen molar-refractivity contribution in [3.05, 3.63) is 29.5 Å². The van der Waals surface area contributed by atoms with Gasteiger partial charge in [-0.1, -0.05) is 6.08 Å². The minimum absolute atomic E-state index is 0.167. The summed E-state index contributed by atoms with van der Waals surface area (Å²) >= 11 is 0. The summed E-state index contributed by atoms with van der Waals surface area (Å²) in [7, 11) is 2.77. The van der Waals surface area contributed by atoms with E-state index >= 15 is 0 Å². The summed E-state index contributed by atoms with van der Waals surface area (Å²) in [5.74, 6) is -0.217. The van der Waals surface area contributed by atoms with E-state index in [0.717, 1.165) is 11.1 Å². The Labute approximate surface area is 141 Å². The fraction of sp³-hybridized carbons (Fsp3) is 0.471. The normalized spacial score (nSPS) is 14.2. The molecule has 24 heavy (non-hydrogen) atoms. The highest BCUT2D eigenvalue weighted by atomic mass is 16.6. The summed E-state index contributed by atoms with van der Waals surface area (Å²) in [6, 6.07) is 3.31. The second kappa shape index (κ2) is 6.90. The molecule has 0 aromatic carbocycles. The van der Waals surface area contributed by atoms with Crippen LogP contribution in [-0.2, 0) is 9.47 Å². The van der Waals surface area contributed by atoms with Crippen molar-refractivity contribution < 1.29 is 23.8 Å². The molecule has 0 unspecified atom stereocenters. The van der Waals surface area contributed by atoms with Crippen LogP contribution in [0.1, 0.15) is 36.8 Å². The van der Waals surface area contributed by atoms with Crippen molar-refractivity contribution in [3.63, 3.8) is 0 Å². The van der Waals surface area contributed by atoms with Gasteiger partial charge in [-0.15, -0.1) is 0 Å². The molecule has 130 valence electrons. The third-order valence-electron chi connectivity index (χ3n) is 3.37. The van der Waals surface area contributed by atoms with Gasteiger partial charge in [-0.25, -0.2) is 14.6 Å². The Morgan fingerprint density at radius 1 is 1.21 bits per heavy atom. The van der Waals surface area contributed by atoms with Gasteiger partial charge in [-0.3, -0.25) is 0 Å². The molecule has 0 bridgehead atoms. The van der Waals surface area contributed by atoms with Crippen LogP contribution in [0.15, 0.2) is 18.2 Å². The lowest BCUT2D eigenvalue weighted by molar-refractivity contribution is 0.0306. The molecule has 1 amide bonds. The highest BCUT2D eigenvalue weighted by Gasteiger charge is 2.27. The molecule has 1 aromatic rings. The molecule has 7 nitrogen and oxygen atoms in total. The molecule has 2 heterocycles. The Bertz CT molecular complexity index is 676. The van der Waals surface area contributed by atoms with E-state index in [-0.39, 0.29) is 11.8 Å². The van der Waals surface area contributed by atoms with Gasteiger partial charge in [0.2, 0.25) is 5.88 Å². The highest BCUT2D eigenvalue weighted by Crippen LogP contribution is 2.29. The fourth-order valence-electron chi connectivity index (χ4n) is 2.27. The number of hydrogen-bond donors (Lipinski definition) is 0. The number of carbonyl (C=O) groups excluding carboxylic acids is 2. The molecule has 1 aliphatic heterocycles. The van der Waals surface area contributed by atoms with Gasteiger partial charge in [0.1, 0.15) is 5.60 Å². The molecule has 0 N–H and O–H groups in total. The summed E-state index contributed by atoms with van der Waals surface area (Å²) in [5.41, 5.74) is 1.25. The van der Waals surface area contributed by atoms with Crippen LogP contribution in [0.3, 0.4) is 0 Å². The van der Waals surface area contributed by atoms with Gasteiger partial charge < -0.3 is 19.1 Å². The Kier molecular flexibility index (Phi) is 5.11. The third-order valence-corrected chi connectivity index (χ3v) is 3.37. The van der Waals surface area contributed by atoms with E-state index in [1.807, 2.05) is 26.8 Å². The summed E-state index contributed by atoms with van der Waals surface area (Å²) < 4.78 is 15.3. The zero-order valence-corrected chi connectivity index (χ0v) is 14.6. The molecule has 1 aliphatic rings. The van der Waals surface area contributed by atoms with E-state index in [9.17, 15) is 9.59 Å². The predicted octanol–water partition coefficient (Wildman–Crippen LogP) is 2.51. The summed E-state index contributed by atoms with van der Waals surface area (Å²) in [4.78, 5) is 29.5. The Balaban J connectivity index is 2.16. The van der Waals surface area contributed by atoms with Gasteiger partial charge >= 0.3 is 12.1 Å². The lowest BCUT2D eigenvalue weighted by Crippen LogP contribution is -2.35. The van der Waals surface area contributed by atoms with Crippen molar-refractivity contribution in [3.8, 4) is 5.88 Å². The average molecular weight is 334 g/mol. The van der Waals surface area contributed by atoms with Crippen LogP contribution in [-0.4, -0.2) is 54.9 Å². The molecule has 0 spiro atoms. The third kappa shape index (κ3) is 4.04. The van der Waals surface area contributed by atoms with E-state index < -0.39 is 11.6 Å². The van der Waals surface area contributed by atoms with Crippen molar-refractivity contribution >= 4 is 17.6 Å². The van der Waals surface area contributed by atoms with Crippen molar-refractivity contribution in [2.75, 3.05) is 27.3 Å². The largest absolute Gasteiger partial charge is 0.481 e. The van der Waals surface area contributed by atoms with Crippen LogP contribution in [0, 0.1) is 0 Å². The maximum Gasteiger partial charge on any atom is 0.410 e. The van der Waals surface area contributed by atoms with Gasteiger partial charge in [-0.2, -0.15) is 0 Å². The van der Waals surface area contributed by atoms with Gasteiger partial charge in [0.05, 0.1) is 14.2 Å². The molecule has 0 aliphatic carbocycles. The number of ether oxygens (including phenoxy) is 3. The van der Waals surface area contributed by atoms with Crippen molar-refractivity contribution in [2.45, 2.75) is 26.4 Å². The van der Waals surface area contributed by atoms with Gasteiger partial charge in [0.25, 0.3) is 0 Å². The first kappa shape index (κ1) is 17.8. The van der Waals surface area contributed by atoms with E-state index in [4.69, 9.17) is 9.47 Å². The van der Waals surface area contributed by atoms with Crippen LogP contribution >= 0.6 is 0 Å². The van der Waals surface area contributed by atoms with Gasteiger partial charge in [0, 0.05) is 18.7 Å². The SMILES string of the molecule is COC(=O)c1ccc(C2=CCN(C(=O)OC(C)(C)C)C2)c(OC)n1. The molecule has 0 saturated carbocycles. The second-order valence-corrected chi connectivity index (χ2v) is 6.34. The molecule has 0 radical (unpaired) electrons. The van der Waals surface area contributed by atoms with E-state index in [1.165, 1.54) is 14.2 Å². The minimum atomic E-state index is -0.540. The number of esters is 1.